The Balaban J connectivity index is 1.93. The molecule has 1 saturated carbocycles. The molecule has 1 N–H and O–H groups in total. The van der Waals surface area contributed by atoms with Crippen molar-refractivity contribution in [3.63, 3.8) is 0 Å². The molecule has 0 bridgehead atoms. The molecule has 0 amide bonds. The van der Waals surface area contributed by atoms with Gasteiger partial charge < -0.3 is 9.52 Å². The van der Waals surface area contributed by atoms with Gasteiger partial charge in [0, 0.05) is 5.92 Å². The number of aromatic nitrogens is 4. The number of hydrogen-bond donors (Lipinski definition) is 1. The first kappa shape index (κ1) is 14.1. The van der Waals surface area contributed by atoms with Gasteiger partial charge in [0.05, 0.1) is 11.9 Å². The molecule has 1 unspecified atom stereocenters. The maximum atomic E-state index is 10.8. The number of hydrogen-bond acceptors (Lipinski definition) is 6. The normalized spacial score (nSPS) is 16.1. The van der Waals surface area contributed by atoms with Gasteiger partial charge in [0.1, 0.15) is 17.6 Å². The van der Waals surface area contributed by atoms with Crippen LogP contribution in [0.3, 0.4) is 0 Å². The lowest BCUT2D eigenvalue weighted by Gasteiger charge is -2.14. The Bertz CT molecular complexity index is 662. The van der Waals surface area contributed by atoms with Crippen LogP contribution in [-0.4, -0.2) is 36.6 Å². The topological polar surface area (TPSA) is 94.0 Å². The summed E-state index contributed by atoms with van der Waals surface area (Å²) in [7, 11) is 0. The Morgan fingerprint density at radius 1 is 1.57 bits per heavy atom. The van der Waals surface area contributed by atoms with Crippen LogP contribution in [-0.2, 0) is 4.79 Å². The predicted molar refractivity (Wildman–Crippen MR) is 75.4 cm³/mol. The Hall–Kier alpha value is -1.83. The fourth-order valence-electron chi connectivity index (χ4n) is 2.17. The van der Waals surface area contributed by atoms with E-state index in [4.69, 9.17) is 9.52 Å². The largest absolute Gasteiger partial charge is 0.481 e. The molecule has 0 saturated heterocycles. The lowest BCUT2D eigenvalue weighted by Crippen LogP contribution is -2.12. The average Bonchev–Trinajstić information content (AvgIpc) is 3.05. The highest BCUT2D eigenvalue weighted by Crippen LogP contribution is 2.41. The fraction of sp³-hybridized carbons (Fsp3) is 0.538. The number of rotatable bonds is 6. The summed E-state index contributed by atoms with van der Waals surface area (Å²) < 4.78 is 7.55. The number of carbonyl (C=O) groups is 1. The predicted octanol–water partition coefficient (Wildman–Crippen LogP) is 2.24. The van der Waals surface area contributed by atoms with Crippen LogP contribution in [0.25, 0.3) is 0 Å². The van der Waals surface area contributed by atoms with E-state index in [1.54, 1.807) is 6.20 Å². The van der Waals surface area contributed by atoms with Crippen LogP contribution in [0, 0.1) is 6.92 Å². The van der Waals surface area contributed by atoms with Crippen molar-refractivity contribution in [2.75, 3.05) is 5.75 Å². The molecule has 2 heterocycles. The van der Waals surface area contributed by atoms with Gasteiger partial charge >= 0.3 is 5.97 Å². The van der Waals surface area contributed by atoms with E-state index in [1.807, 2.05) is 18.4 Å². The SMILES string of the molecule is Cc1cnc(C(C)n2c(SCC(=O)O)nnc2C2CC2)o1. The van der Waals surface area contributed by atoms with Crippen molar-refractivity contribution >= 4 is 17.7 Å². The molecule has 2 aromatic heterocycles. The molecule has 0 aromatic carbocycles. The number of aryl methyl sites for hydroxylation is 1. The van der Waals surface area contributed by atoms with E-state index in [9.17, 15) is 4.79 Å². The molecule has 0 aliphatic heterocycles. The van der Waals surface area contributed by atoms with E-state index >= 15 is 0 Å². The highest BCUT2D eigenvalue weighted by Gasteiger charge is 2.33. The van der Waals surface area contributed by atoms with Crippen molar-refractivity contribution in [2.45, 2.75) is 43.8 Å². The summed E-state index contributed by atoms with van der Waals surface area (Å²) in [5.74, 6) is 1.73. The van der Waals surface area contributed by atoms with Gasteiger partial charge in [-0.1, -0.05) is 11.8 Å². The van der Waals surface area contributed by atoms with Crippen LogP contribution in [0.2, 0.25) is 0 Å². The van der Waals surface area contributed by atoms with Crippen molar-refractivity contribution in [1.29, 1.82) is 0 Å². The van der Waals surface area contributed by atoms with Crippen LogP contribution >= 0.6 is 11.8 Å². The van der Waals surface area contributed by atoms with Gasteiger partial charge in [0.2, 0.25) is 5.89 Å². The smallest absolute Gasteiger partial charge is 0.313 e. The van der Waals surface area contributed by atoms with Crippen LogP contribution in [0.4, 0.5) is 0 Å². The third-order valence-corrected chi connectivity index (χ3v) is 4.27. The van der Waals surface area contributed by atoms with Gasteiger partial charge in [-0.05, 0) is 26.7 Å². The average molecular weight is 308 g/mol. The second-order valence-corrected chi connectivity index (χ2v) is 6.10. The summed E-state index contributed by atoms with van der Waals surface area (Å²) in [6.45, 7) is 3.81. The molecule has 7 nitrogen and oxygen atoms in total. The van der Waals surface area contributed by atoms with E-state index in [0.29, 0.717) is 17.0 Å². The highest BCUT2D eigenvalue weighted by atomic mass is 32.2. The number of aliphatic carboxylic acids is 1. The number of oxazole rings is 1. The summed E-state index contributed by atoms with van der Waals surface area (Å²) in [4.78, 5) is 15.0. The summed E-state index contributed by atoms with van der Waals surface area (Å²) >= 11 is 1.17. The standard InChI is InChI=1S/C13H16N4O3S/c1-7-5-14-12(20-7)8(2)17-11(9-3-4-9)15-16-13(17)21-6-10(18)19/h5,8-9H,3-4,6H2,1-2H3,(H,18,19). The Morgan fingerprint density at radius 2 is 2.33 bits per heavy atom. The molecule has 0 spiro atoms. The van der Waals surface area contributed by atoms with Crippen LogP contribution in [0.1, 0.15) is 49.2 Å². The molecule has 3 rings (SSSR count). The maximum absolute atomic E-state index is 10.8. The molecule has 1 fully saturated rings. The van der Waals surface area contributed by atoms with Gasteiger partial charge in [0.15, 0.2) is 5.16 Å². The number of nitrogens with zero attached hydrogens (tertiary/aromatic N) is 4. The Labute approximate surface area is 125 Å². The second-order valence-electron chi connectivity index (χ2n) is 5.15. The quantitative estimate of drug-likeness (QED) is 0.818. The van der Waals surface area contributed by atoms with E-state index < -0.39 is 5.97 Å². The maximum Gasteiger partial charge on any atom is 0.313 e. The molecule has 21 heavy (non-hydrogen) atoms. The number of carboxylic acid groups (broad SMARTS) is 1. The van der Waals surface area contributed by atoms with Crippen molar-refractivity contribution in [3.05, 3.63) is 23.7 Å². The first-order valence-corrected chi connectivity index (χ1v) is 7.76. The Morgan fingerprint density at radius 3 is 2.90 bits per heavy atom. The molecule has 1 aliphatic rings. The van der Waals surface area contributed by atoms with Crippen molar-refractivity contribution < 1.29 is 14.3 Å². The molecule has 0 radical (unpaired) electrons. The summed E-state index contributed by atoms with van der Waals surface area (Å²) in [6, 6.07) is -0.152. The van der Waals surface area contributed by atoms with E-state index in [1.165, 1.54) is 11.8 Å². The second kappa shape index (κ2) is 5.51. The van der Waals surface area contributed by atoms with Crippen molar-refractivity contribution in [3.8, 4) is 0 Å². The summed E-state index contributed by atoms with van der Waals surface area (Å²) in [6.07, 6.45) is 3.87. The van der Waals surface area contributed by atoms with E-state index in [0.717, 1.165) is 24.4 Å². The van der Waals surface area contributed by atoms with Gasteiger partial charge in [-0.2, -0.15) is 0 Å². The van der Waals surface area contributed by atoms with Gasteiger partial charge in [-0.25, -0.2) is 4.98 Å². The van der Waals surface area contributed by atoms with Crippen LogP contribution in [0.15, 0.2) is 15.8 Å². The van der Waals surface area contributed by atoms with Gasteiger partial charge in [-0.15, -0.1) is 10.2 Å². The first-order valence-electron chi connectivity index (χ1n) is 6.78. The highest BCUT2D eigenvalue weighted by molar-refractivity contribution is 7.99. The lowest BCUT2D eigenvalue weighted by atomic mass is 10.3. The molecule has 2 aromatic rings. The first-order chi connectivity index (χ1) is 10.1. The molecular weight excluding hydrogens is 292 g/mol. The third kappa shape index (κ3) is 2.94. The molecule has 112 valence electrons. The van der Waals surface area contributed by atoms with E-state index in [-0.39, 0.29) is 11.8 Å². The zero-order chi connectivity index (χ0) is 15.0. The van der Waals surface area contributed by atoms with Gasteiger partial charge in [-0.3, -0.25) is 9.36 Å². The van der Waals surface area contributed by atoms with Crippen molar-refractivity contribution in [2.24, 2.45) is 0 Å². The minimum absolute atomic E-state index is 0.0415. The summed E-state index contributed by atoms with van der Waals surface area (Å²) in [5, 5.41) is 17.8. The Kier molecular flexibility index (Phi) is 3.71. The summed E-state index contributed by atoms with van der Waals surface area (Å²) in [5.41, 5.74) is 0. The molecule has 8 heteroatoms. The fourth-order valence-corrected chi connectivity index (χ4v) is 2.91. The molecular formula is C13H16N4O3S. The zero-order valence-electron chi connectivity index (χ0n) is 11.8. The number of thioether (sulfide) groups is 1. The van der Waals surface area contributed by atoms with Gasteiger partial charge in [0.25, 0.3) is 0 Å². The third-order valence-electron chi connectivity index (χ3n) is 3.34. The number of carboxylic acids is 1. The molecule has 1 atom stereocenters. The monoisotopic (exact) mass is 308 g/mol. The minimum Gasteiger partial charge on any atom is -0.481 e. The van der Waals surface area contributed by atoms with Crippen LogP contribution < -0.4 is 0 Å². The van der Waals surface area contributed by atoms with Crippen LogP contribution in [0.5, 0.6) is 0 Å². The van der Waals surface area contributed by atoms with Crippen molar-refractivity contribution in [1.82, 2.24) is 19.7 Å². The van der Waals surface area contributed by atoms with E-state index in [2.05, 4.69) is 15.2 Å². The zero-order valence-corrected chi connectivity index (χ0v) is 12.6. The molecule has 1 aliphatic carbocycles. The minimum atomic E-state index is -0.873. The lowest BCUT2D eigenvalue weighted by molar-refractivity contribution is -0.133.